The van der Waals surface area contributed by atoms with Gasteiger partial charge in [0.2, 0.25) is 10.1 Å². The molecule has 24 heavy (non-hydrogen) atoms. The fourth-order valence-corrected chi connectivity index (χ4v) is 4.00. The monoisotopic (exact) mass is 380 g/mol. The molecule has 1 aliphatic carbocycles. The number of carbonyl (C=O) groups is 1. The molecule has 4 heteroatoms. The van der Waals surface area contributed by atoms with Gasteiger partial charge in [0.1, 0.15) is 0 Å². The Bertz CT molecular complexity index is 716. The van der Waals surface area contributed by atoms with Crippen molar-refractivity contribution in [3.63, 3.8) is 0 Å². The summed E-state index contributed by atoms with van der Waals surface area (Å²) in [6.45, 7) is 0. The van der Waals surface area contributed by atoms with Crippen LogP contribution in [0.2, 0.25) is 5.02 Å². The van der Waals surface area contributed by atoms with Gasteiger partial charge in [-0.15, -0.1) is 0 Å². The van der Waals surface area contributed by atoms with Crippen LogP contribution in [0.25, 0.3) is 0 Å². The maximum Gasteiger partial charge on any atom is 0.205 e. The lowest BCUT2D eigenvalue weighted by Gasteiger charge is -2.23. The minimum absolute atomic E-state index is 0.362. The lowest BCUT2D eigenvalue weighted by atomic mass is 9.83. The summed E-state index contributed by atoms with van der Waals surface area (Å²) in [5.41, 5.74) is 2.30. The number of ketones is 1. The van der Waals surface area contributed by atoms with Gasteiger partial charge >= 0.3 is 0 Å². The Morgan fingerprint density at radius 1 is 0.958 bits per heavy atom. The molecule has 1 saturated carbocycles. The van der Waals surface area contributed by atoms with E-state index in [9.17, 15) is 4.79 Å². The quantitative estimate of drug-likeness (QED) is 0.416. The molecule has 0 unspecified atom stereocenters. The average Bonchev–Trinajstić information content (AvgIpc) is 2.62. The Kier molecular flexibility index (Phi) is 5.54. The predicted octanol–water partition coefficient (Wildman–Crippen LogP) is 6.90. The van der Waals surface area contributed by atoms with Crippen molar-refractivity contribution < 1.29 is 4.79 Å². The second-order valence-electron chi connectivity index (χ2n) is 6.37. The standard InChI is InChI=1S/C20H19Cl3O/c21-18-8-4-7-16(13-18)19(24)20(22,23)17-11-9-15(10-12-17)14-5-2-1-3-6-14/h4,7-14H,1-3,5-6H2. The van der Waals surface area contributed by atoms with Crippen LogP contribution in [0, 0.1) is 0 Å². The summed E-state index contributed by atoms with van der Waals surface area (Å²) < 4.78 is -1.62. The van der Waals surface area contributed by atoms with E-state index in [1.54, 1.807) is 24.3 Å². The third kappa shape index (κ3) is 3.79. The van der Waals surface area contributed by atoms with E-state index in [0.29, 0.717) is 22.1 Å². The minimum Gasteiger partial charge on any atom is -0.290 e. The molecule has 2 aromatic rings. The Labute approximate surface area is 157 Å². The van der Waals surface area contributed by atoms with Crippen molar-refractivity contribution in [3.05, 3.63) is 70.2 Å². The largest absolute Gasteiger partial charge is 0.290 e. The molecule has 3 rings (SSSR count). The van der Waals surface area contributed by atoms with Crippen molar-refractivity contribution in [2.24, 2.45) is 0 Å². The molecule has 1 aliphatic rings. The molecule has 0 aromatic heterocycles. The van der Waals surface area contributed by atoms with Gasteiger partial charge in [0, 0.05) is 10.6 Å². The van der Waals surface area contributed by atoms with Crippen LogP contribution < -0.4 is 0 Å². The number of benzene rings is 2. The lowest BCUT2D eigenvalue weighted by Crippen LogP contribution is -2.23. The SMILES string of the molecule is O=C(c1cccc(Cl)c1)C(Cl)(Cl)c1ccc(C2CCCCC2)cc1. The molecule has 0 bridgehead atoms. The normalized spacial score (nSPS) is 16.1. The van der Waals surface area contributed by atoms with Crippen LogP contribution >= 0.6 is 34.8 Å². The van der Waals surface area contributed by atoms with Crippen LogP contribution in [-0.4, -0.2) is 5.78 Å². The Morgan fingerprint density at radius 3 is 2.25 bits per heavy atom. The van der Waals surface area contributed by atoms with Gasteiger partial charge in [-0.25, -0.2) is 0 Å². The number of rotatable bonds is 4. The molecule has 0 heterocycles. The molecule has 0 aliphatic heterocycles. The van der Waals surface area contributed by atoms with E-state index in [4.69, 9.17) is 34.8 Å². The molecule has 1 fully saturated rings. The van der Waals surface area contributed by atoms with Gasteiger partial charge in [-0.1, -0.05) is 90.5 Å². The molecule has 0 amide bonds. The average molecular weight is 382 g/mol. The van der Waals surface area contributed by atoms with E-state index in [1.165, 1.54) is 37.7 Å². The van der Waals surface area contributed by atoms with Gasteiger partial charge in [0.05, 0.1) is 0 Å². The highest BCUT2D eigenvalue weighted by Gasteiger charge is 2.36. The Hall–Kier alpha value is -1.02. The maximum absolute atomic E-state index is 12.7. The van der Waals surface area contributed by atoms with Crippen LogP contribution in [0.15, 0.2) is 48.5 Å². The van der Waals surface area contributed by atoms with Crippen LogP contribution in [0.3, 0.4) is 0 Å². The van der Waals surface area contributed by atoms with Crippen molar-refractivity contribution in [1.29, 1.82) is 0 Å². The Balaban J connectivity index is 1.82. The van der Waals surface area contributed by atoms with Crippen molar-refractivity contribution in [1.82, 2.24) is 0 Å². The van der Waals surface area contributed by atoms with Crippen LogP contribution in [0.4, 0.5) is 0 Å². The third-order valence-electron chi connectivity index (χ3n) is 4.72. The van der Waals surface area contributed by atoms with Crippen LogP contribution in [0.1, 0.15) is 59.5 Å². The third-order valence-corrected chi connectivity index (χ3v) is 5.74. The number of halogens is 3. The topological polar surface area (TPSA) is 17.1 Å². The number of alkyl halides is 2. The summed E-state index contributed by atoms with van der Waals surface area (Å²) in [6, 6.07) is 14.5. The zero-order chi connectivity index (χ0) is 17.2. The van der Waals surface area contributed by atoms with E-state index in [1.807, 2.05) is 12.1 Å². The lowest BCUT2D eigenvalue weighted by molar-refractivity contribution is 0.0972. The van der Waals surface area contributed by atoms with E-state index in [2.05, 4.69) is 12.1 Å². The van der Waals surface area contributed by atoms with Crippen molar-refractivity contribution in [3.8, 4) is 0 Å². The van der Waals surface area contributed by atoms with Gasteiger partial charge in [0.15, 0.2) is 0 Å². The van der Waals surface area contributed by atoms with Gasteiger partial charge in [-0.05, 0) is 42.0 Å². The summed E-state index contributed by atoms with van der Waals surface area (Å²) >= 11 is 18.8. The van der Waals surface area contributed by atoms with Gasteiger partial charge in [-0.2, -0.15) is 0 Å². The number of hydrogen-bond donors (Lipinski definition) is 0. The van der Waals surface area contributed by atoms with Gasteiger partial charge < -0.3 is 0 Å². The molecule has 0 atom stereocenters. The first-order valence-corrected chi connectivity index (χ1v) is 9.40. The molecule has 1 nitrogen and oxygen atoms in total. The fourth-order valence-electron chi connectivity index (χ4n) is 3.34. The fraction of sp³-hybridized carbons (Fsp3) is 0.350. The summed E-state index contributed by atoms with van der Waals surface area (Å²) in [6.07, 6.45) is 6.36. The summed E-state index contributed by atoms with van der Waals surface area (Å²) in [7, 11) is 0. The highest BCUT2D eigenvalue weighted by atomic mass is 35.5. The van der Waals surface area contributed by atoms with E-state index in [-0.39, 0.29) is 5.78 Å². The van der Waals surface area contributed by atoms with Crippen molar-refractivity contribution in [2.75, 3.05) is 0 Å². The van der Waals surface area contributed by atoms with Gasteiger partial charge in [0.25, 0.3) is 0 Å². The molecule has 0 spiro atoms. The number of Topliss-reactive ketones (excluding diaryl/α,β-unsaturated/α-hetero) is 1. The Morgan fingerprint density at radius 2 is 1.62 bits per heavy atom. The zero-order valence-corrected chi connectivity index (χ0v) is 15.5. The summed E-state index contributed by atoms with van der Waals surface area (Å²) in [5, 5.41) is 0.484. The summed E-state index contributed by atoms with van der Waals surface area (Å²) in [5.74, 6) is 0.246. The van der Waals surface area contributed by atoms with E-state index in [0.717, 1.165) is 0 Å². The second-order valence-corrected chi connectivity index (χ2v) is 8.13. The maximum atomic E-state index is 12.7. The van der Waals surface area contributed by atoms with Crippen molar-refractivity contribution in [2.45, 2.75) is 42.4 Å². The number of carbonyl (C=O) groups excluding carboxylic acids is 1. The van der Waals surface area contributed by atoms with E-state index >= 15 is 0 Å². The van der Waals surface area contributed by atoms with Crippen LogP contribution in [0.5, 0.6) is 0 Å². The number of hydrogen-bond acceptors (Lipinski definition) is 1. The second kappa shape index (κ2) is 7.47. The first-order valence-electron chi connectivity index (χ1n) is 8.27. The van der Waals surface area contributed by atoms with Gasteiger partial charge in [-0.3, -0.25) is 4.79 Å². The van der Waals surface area contributed by atoms with E-state index < -0.39 is 4.33 Å². The predicted molar refractivity (Wildman–Crippen MR) is 101 cm³/mol. The van der Waals surface area contributed by atoms with Crippen LogP contribution in [-0.2, 0) is 4.33 Å². The summed E-state index contributed by atoms with van der Waals surface area (Å²) in [4.78, 5) is 12.7. The molecular weight excluding hydrogens is 363 g/mol. The molecule has 126 valence electrons. The molecule has 0 N–H and O–H groups in total. The smallest absolute Gasteiger partial charge is 0.205 e. The molecule has 0 radical (unpaired) electrons. The molecule has 2 aromatic carbocycles. The molecular formula is C20H19Cl3O. The first-order chi connectivity index (χ1) is 11.5. The molecule has 0 saturated heterocycles. The van der Waals surface area contributed by atoms with Crippen molar-refractivity contribution >= 4 is 40.6 Å². The zero-order valence-electron chi connectivity index (χ0n) is 13.3. The highest BCUT2D eigenvalue weighted by Crippen LogP contribution is 2.39. The minimum atomic E-state index is -1.62. The highest BCUT2D eigenvalue weighted by molar-refractivity contribution is 6.59. The first kappa shape index (κ1) is 17.8.